The van der Waals surface area contributed by atoms with Gasteiger partial charge in [0.25, 0.3) is 5.91 Å². The van der Waals surface area contributed by atoms with Crippen LogP contribution in [-0.2, 0) is 0 Å². The Balaban J connectivity index is 2.01. The fourth-order valence-electron chi connectivity index (χ4n) is 1.41. The first-order chi connectivity index (χ1) is 9.16. The lowest BCUT2D eigenvalue weighted by Crippen LogP contribution is -2.17. The van der Waals surface area contributed by atoms with Crippen LogP contribution in [0.2, 0.25) is 5.02 Å². The Morgan fingerprint density at radius 2 is 1.84 bits per heavy atom. The first-order valence-electron chi connectivity index (χ1n) is 5.50. The normalized spacial score (nSPS) is 10.6. The van der Waals surface area contributed by atoms with E-state index in [1.807, 2.05) is 0 Å². The van der Waals surface area contributed by atoms with E-state index in [-0.39, 0.29) is 5.91 Å². The van der Waals surface area contributed by atoms with E-state index in [1.54, 1.807) is 42.5 Å². The highest BCUT2D eigenvalue weighted by Gasteiger charge is 2.03. The van der Waals surface area contributed by atoms with Gasteiger partial charge >= 0.3 is 0 Å². The summed E-state index contributed by atoms with van der Waals surface area (Å²) in [6.07, 6.45) is 1.25. The van der Waals surface area contributed by atoms with E-state index >= 15 is 0 Å². The molecule has 0 spiro atoms. The van der Waals surface area contributed by atoms with Gasteiger partial charge in [-0.2, -0.15) is 5.10 Å². The Morgan fingerprint density at radius 3 is 2.53 bits per heavy atom. The zero-order valence-electron chi connectivity index (χ0n) is 9.81. The van der Waals surface area contributed by atoms with E-state index in [9.17, 15) is 9.18 Å². The van der Waals surface area contributed by atoms with Gasteiger partial charge in [-0.25, -0.2) is 9.82 Å². The Bertz CT molecular complexity index is 611. The van der Waals surface area contributed by atoms with Crippen LogP contribution in [0.3, 0.4) is 0 Å². The van der Waals surface area contributed by atoms with Gasteiger partial charge in [0.1, 0.15) is 5.82 Å². The number of nitrogens with one attached hydrogen (secondary N) is 1. The van der Waals surface area contributed by atoms with E-state index in [1.165, 1.54) is 12.3 Å². The van der Waals surface area contributed by atoms with E-state index in [0.717, 1.165) is 0 Å². The van der Waals surface area contributed by atoms with Gasteiger partial charge in [-0.05, 0) is 30.3 Å². The number of rotatable bonds is 3. The minimum Gasteiger partial charge on any atom is -0.267 e. The SMILES string of the molecule is O=C(N/N=C\c1ccccc1F)c1ccc(Cl)cc1. The molecule has 3 nitrogen and oxygen atoms in total. The second-order valence-electron chi connectivity index (χ2n) is 3.73. The van der Waals surface area contributed by atoms with Gasteiger partial charge in [-0.15, -0.1) is 0 Å². The van der Waals surface area contributed by atoms with Crippen LogP contribution in [0.1, 0.15) is 15.9 Å². The molecule has 0 radical (unpaired) electrons. The number of carbonyl (C=O) groups excluding carboxylic acids is 1. The quantitative estimate of drug-likeness (QED) is 0.679. The largest absolute Gasteiger partial charge is 0.271 e. The molecule has 0 bridgehead atoms. The summed E-state index contributed by atoms with van der Waals surface area (Å²) in [4.78, 5) is 11.7. The number of carbonyl (C=O) groups is 1. The van der Waals surface area contributed by atoms with E-state index in [0.29, 0.717) is 16.1 Å². The van der Waals surface area contributed by atoms with Crippen molar-refractivity contribution in [2.45, 2.75) is 0 Å². The molecule has 0 aliphatic rings. The third-order valence-electron chi connectivity index (χ3n) is 2.38. The molecule has 0 unspecified atom stereocenters. The first kappa shape index (κ1) is 13.2. The fourth-order valence-corrected chi connectivity index (χ4v) is 1.53. The van der Waals surface area contributed by atoms with Gasteiger partial charge in [0.15, 0.2) is 0 Å². The molecule has 0 saturated heterocycles. The van der Waals surface area contributed by atoms with Gasteiger partial charge in [-0.1, -0.05) is 29.8 Å². The molecule has 0 saturated carbocycles. The van der Waals surface area contributed by atoms with Crippen molar-refractivity contribution < 1.29 is 9.18 Å². The Kier molecular flexibility index (Phi) is 4.26. The van der Waals surface area contributed by atoms with Crippen LogP contribution in [0.15, 0.2) is 53.6 Å². The molecule has 1 N–H and O–H groups in total. The van der Waals surface area contributed by atoms with Crippen LogP contribution in [0, 0.1) is 5.82 Å². The third kappa shape index (κ3) is 3.63. The van der Waals surface area contributed by atoms with Crippen molar-refractivity contribution >= 4 is 23.7 Å². The summed E-state index contributed by atoms with van der Waals surface area (Å²) in [5, 5.41) is 4.25. The van der Waals surface area contributed by atoms with Crippen LogP contribution in [-0.4, -0.2) is 12.1 Å². The molecule has 96 valence electrons. The van der Waals surface area contributed by atoms with Crippen molar-refractivity contribution in [1.29, 1.82) is 0 Å². The Morgan fingerprint density at radius 1 is 1.16 bits per heavy atom. The third-order valence-corrected chi connectivity index (χ3v) is 2.63. The fraction of sp³-hybridized carbons (Fsp3) is 0. The monoisotopic (exact) mass is 276 g/mol. The molecule has 1 amide bonds. The topological polar surface area (TPSA) is 41.5 Å². The number of hydrazone groups is 1. The number of hydrogen-bond donors (Lipinski definition) is 1. The highest BCUT2D eigenvalue weighted by molar-refractivity contribution is 6.30. The van der Waals surface area contributed by atoms with Crippen molar-refractivity contribution in [1.82, 2.24) is 5.43 Å². The summed E-state index contributed by atoms with van der Waals surface area (Å²) in [5.41, 5.74) is 3.05. The summed E-state index contributed by atoms with van der Waals surface area (Å²) < 4.78 is 13.3. The minimum absolute atomic E-state index is 0.305. The first-order valence-corrected chi connectivity index (χ1v) is 5.88. The van der Waals surface area contributed by atoms with Gasteiger partial charge < -0.3 is 0 Å². The van der Waals surface area contributed by atoms with Crippen molar-refractivity contribution in [3.8, 4) is 0 Å². The summed E-state index contributed by atoms with van der Waals surface area (Å²) in [5.74, 6) is -0.781. The summed E-state index contributed by atoms with van der Waals surface area (Å²) in [6.45, 7) is 0. The van der Waals surface area contributed by atoms with Crippen molar-refractivity contribution in [3.63, 3.8) is 0 Å². The van der Waals surface area contributed by atoms with Crippen LogP contribution in [0.25, 0.3) is 0 Å². The highest BCUT2D eigenvalue weighted by atomic mass is 35.5. The predicted molar refractivity (Wildman–Crippen MR) is 72.9 cm³/mol. The maximum atomic E-state index is 13.3. The smallest absolute Gasteiger partial charge is 0.267 e. The van der Waals surface area contributed by atoms with Crippen LogP contribution >= 0.6 is 11.6 Å². The molecule has 19 heavy (non-hydrogen) atoms. The molecule has 0 aliphatic carbocycles. The zero-order valence-corrected chi connectivity index (χ0v) is 10.6. The van der Waals surface area contributed by atoms with Crippen molar-refractivity contribution in [3.05, 3.63) is 70.5 Å². The lowest BCUT2D eigenvalue weighted by Gasteiger charge is -2.00. The average Bonchev–Trinajstić information content (AvgIpc) is 2.41. The van der Waals surface area contributed by atoms with Crippen LogP contribution in [0.4, 0.5) is 4.39 Å². The van der Waals surface area contributed by atoms with E-state index in [4.69, 9.17) is 11.6 Å². The number of halogens is 2. The molecule has 0 aromatic heterocycles. The van der Waals surface area contributed by atoms with Crippen LogP contribution in [0.5, 0.6) is 0 Å². The van der Waals surface area contributed by atoms with Crippen molar-refractivity contribution in [2.75, 3.05) is 0 Å². The average molecular weight is 277 g/mol. The molecule has 0 atom stereocenters. The molecular weight excluding hydrogens is 267 g/mol. The standard InChI is InChI=1S/C14H10ClFN2O/c15-12-7-5-10(6-8-12)14(19)18-17-9-11-3-1-2-4-13(11)16/h1-9H,(H,18,19)/b17-9-. The number of benzene rings is 2. The second-order valence-corrected chi connectivity index (χ2v) is 4.16. The van der Waals surface area contributed by atoms with Gasteiger partial charge in [0.2, 0.25) is 0 Å². The molecule has 2 aromatic carbocycles. The summed E-state index contributed by atoms with van der Waals surface area (Å²) >= 11 is 5.72. The van der Waals surface area contributed by atoms with Gasteiger partial charge in [-0.3, -0.25) is 4.79 Å². The maximum Gasteiger partial charge on any atom is 0.271 e. The predicted octanol–water partition coefficient (Wildman–Crippen LogP) is 3.24. The molecule has 0 fully saturated rings. The number of hydrogen-bond acceptors (Lipinski definition) is 2. The molecular formula is C14H10ClFN2O. The van der Waals surface area contributed by atoms with Gasteiger partial charge in [0.05, 0.1) is 6.21 Å². The van der Waals surface area contributed by atoms with E-state index < -0.39 is 5.82 Å². The van der Waals surface area contributed by atoms with Crippen LogP contribution < -0.4 is 5.43 Å². The number of amides is 1. The summed E-state index contributed by atoms with van der Waals surface area (Å²) in [7, 11) is 0. The highest BCUT2D eigenvalue weighted by Crippen LogP contribution is 2.09. The maximum absolute atomic E-state index is 13.3. The zero-order chi connectivity index (χ0) is 13.7. The van der Waals surface area contributed by atoms with E-state index in [2.05, 4.69) is 10.5 Å². The minimum atomic E-state index is -0.396. The Hall–Kier alpha value is -2.20. The molecule has 0 heterocycles. The lowest BCUT2D eigenvalue weighted by molar-refractivity contribution is 0.0955. The molecule has 0 aliphatic heterocycles. The summed E-state index contributed by atoms with van der Waals surface area (Å²) in [6, 6.07) is 12.5. The molecule has 2 rings (SSSR count). The van der Waals surface area contributed by atoms with Gasteiger partial charge in [0, 0.05) is 16.1 Å². The molecule has 2 aromatic rings. The Labute approximate surface area is 114 Å². The van der Waals surface area contributed by atoms with Crippen molar-refractivity contribution in [2.24, 2.45) is 5.10 Å². The number of nitrogens with zero attached hydrogens (tertiary/aromatic N) is 1. The second kappa shape index (κ2) is 6.11. The molecule has 5 heteroatoms. The lowest BCUT2D eigenvalue weighted by atomic mass is 10.2.